The van der Waals surface area contributed by atoms with Gasteiger partial charge >= 0.3 is 0 Å². The Morgan fingerprint density at radius 3 is 2.20 bits per heavy atom. The van der Waals surface area contributed by atoms with Crippen LogP contribution in [0.25, 0.3) is 10.9 Å². The SMILES string of the molecule is CC(O)CCCCCCC=CCC=CCCCCC(=O)NCCc1c[nH]c2ccc(OC3OC(COC4OC(CO)C(O)C(O)C4O)C(O)C(O)C3O)cc12. The van der Waals surface area contributed by atoms with Crippen molar-refractivity contribution in [1.29, 1.82) is 0 Å². The molecule has 0 aliphatic carbocycles. The predicted octanol–water partition coefficient (Wildman–Crippen LogP) is 1.61. The van der Waals surface area contributed by atoms with Gasteiger partial charge in [-0.15, -0.1) is 0 Å². The second-order valence-corrected chi connectivity index (χ2v) is 14.5. The number of nitrogens with one attached hydrogen (secondary N) is 2. The Bertz CT molecular complexity index is 1470. The summed E-state index contributed by atoms with van der Waals surface area (Å²) in [4.78, 5) is 15.7. The second kappa shape index (κ2) is 23.3. The van der Waals surface area contributed by atoms with Gasteiger partial charge in [0, 0.05) is 30.1 Å². The van der Waals surface area contributed by atoms with Crippen molar-refractivity contribution in [2.24, 2.45) is 0 Å². The van der Waals surface area contributed by atoms with Crippen molar-refractivity contribution in [2.75, 3.05) is 19.8 Å². The van der Waals surface area contributed by atoms with Crippen LogP contribution in [-0.2, 0) is 25.4 Å². The van der Waals surface area contributed by atoms with Crippen LogP contribution in [0.15, 0.2) is 48.7 Å². The molecule has 1 aromatic heterocycles. The van der Waals surface area contributed by atoms with Gasteiger partial charge in [0.2, 0.25) is 12.2 Å². The molecule has 0 bridgehead atoms. The van der Waals surface area contributed by atoms with Crippen LogP contribution < -0.4 is 10.1 Å². The van der Waals surface area contributed by atoms with Gasteiger partial charge in [-0.3, -0.25) is 4.79 Å². The average Bonchev–Trinajstić information content (AvgIpc) is 3.57. The van der Waals surface area contributed by atoms with E-state index in [-0.39, 0.29) is 12.0 Å². The molecule has 3 heterocycles. The normalized spacial score (nSPS) is 29.3. The van der Waals surface area contributed by atoms with Crippen molar-refractivity contribution < 1.29 is 64.6 Å². The molecule has 11 atom stereocenters. The van der Waals surface area contributed by atoms with Crippen molar-refractivity contribution in [2.45, 2.75) is 151 Å². The maximum absolute atomic E-state index is 12.5. The van der Waals surface area contributed by atoms with Crippen LogP contribution in [0.1, 0.15) is 83.1 Å². The van der Waals surface area contributed by atoms with E-state index in [0.29, 0.717) is 25.1 Å². The minimum atomic E-state index is -1.68. The number of aliphatic hydroxyl groups is 8. The third-order valence-corrected chi connectivity index (χ3v) is 10.0. The zero-order valence-corrected chi connectivity index (χ0v) is 31.7. The van der Waals surface area contributed by atoms with E-state index in [1.54, 1.807) is 18.2 Å². The Hall–Kier alpha value is -2.93. The molecule has 4 rings (SSSR count). The maximum atomic E-state index is 12.5. The van der Waals surface area contributed by atoms with Crippen LogP contribution >= 0.6 is 0 Å². The highest BCUT2D eigenvalue weighted by Crippen LogP contribution is 2.29. The number of carbonyl (C=O) groups is 1. The molecule has 0 radical (unpaired) electrons. The highest BCUT2D eigenvalue weighted by Gasteiger charge is 2.48. The lowest BCUT2D eigenvalue weighted by Crippen LogP contribution is -2.62. The van der Waals surface area contributed by atoms with Crippen LogP contribution in [0.4, 0.5) is 0 Å². The van der Waals surface area contributed by atoms with Crippen LogP contribution in [0.2, 0.25) is 0 Å². The lowest BCUT2D eigenvalue weighted by molar-refractivity contribution is -0.323. The Kier molecular flexibility index (Phi) is 19.0. The molecule has 1 aromatic carbocycles. The van der Waals surface area contributed by atoms with Crippen molar-refractivity contribution in [1.82, 2.24) is 10.3 Å². The summed E-state index contributed by atoms with van der Waals surface area (Å²) in [6.45, 7) is 1.16. The van der Waals surface area contributed by atoms with Crippen LogP contribution in [0.5, 0.6) is 5.75 Å². The number of rotatable bonds is 23. The summed E-state index contributed by atoms with van der Waals surface area (Å²) in [5.41, 5.74) is 1.75. The van der Waals surface area contributed by atoms with E-state index >= 15 is 0 Å². The number of aromatic nitrogens is 1. The third kappa shape index (κ3) is 13.9. The van der Waals surface area contributed by atoms with Gasteiger partial charge in [0.25, 0.3) is 0 Å². The van der Waals surface area contributed by atoms with Crippen LogP contribution in [0.3, 0.4) is 0 Å². The summed E-state index contributed by atoms with van der Waals surface area (Å²) in [6, 6.07) is 5.17. The molecule has 10 N–H and O–H groups in total. The van der Waals surface area contributed by atoms with E-state index in [0.717, 1.165) is 61.4 Å². The highest BCUT2D eigenvalue weighted by molar-refractivity contribution is 5.84. The molecular weight excluding hydrogens is 716 g/mol. The first-order valence-electron chi connectivity index (χ1n) is 19.6. The number of hydrogen-bond donors (Lipinski definition) is 10. The molecule has 2 aliphatic heterocycles. The number of carbonyl (C=O) groups excluding carboxylic acids is 1. The van der Waals surface area contributed by atoms with Gasteiger partial charge in [0.1, 0.15) is 54.6 Å². The molecule has 15 nitrogen and oxygen atoms in total. The predicted molar refractivity (Wildman–Crippen MR) is 203 cm³/mol. The van der Waals surface area contributed by atoms with Gasteiger partial charge in [-0.25, -0.2) is 0 Å². The summed E-state index contributed by atoms with van der Waals surface area (Å²) in [5.74, 6) is 0.301. The Morgan fingerprint density at radius 2 is 1.49 bits per heavy atom. The maximum Gasteiger partial charge on any atom is 0.229 e. The van der Waals surface area contributed by atoms with Gasteiger partial charge in [-0.1, -0.05) is 43.6 Å². The molecule has 1 amide bonds. The van der Waals surface area contributed by atoms with Gasteiger partial charge < -0.3 is 70.1 Å². The van der Waals surface area contributed by atoms with Gasteiger partial charge in [-0.2, -0.15) is 0 Å². The Balaban J connectivity index is 1.15. The molecule has 15 heteroatoms. The number of aliphatic hydroxyl groups excluding tert-OH is 8. The second-order valence-electron chi connectivity index (χ2n) is 14.5. The minimum absolute atomic E-state index is 0.00379. The third-order valence-electron chi connectivity index (χ3n) is 10.0. The monoisotopic (exact) mass is 778 g/mol. The molecule has 310 valence electrons. The Labute approximate surface area is 322 Å². The van der Waals surface area contributed by atoms with E-state index in [2.05, 4.69) is 34.6 Å². The molecule has 2 saturated heterocycles. The van der Waals surface area contributed by atoms with Crippen molar-refractivity contribution in [3.8, 4) is 5.75 Å². The minimum Gasteiger partial charge on any atom is -0.462 e. The lowest BCUT2D eigenvalue weighted by Gasteiger charge is -2.42. The van der Waals surface area contributed by atoms with E-state index < -0.39 is 74.6 Å². The average molecular weight is 779 g/mol. The molecular formula is C40H62N2O13. The molecule has 2 aliphatic rings. The highest BCUT2D eigenvalue weighted by atomic mass is 16.7. The first kappa shape index (κ1) is 44.8. The van der Waals surface area contributed by atoms with Crippen molar-refractivity contribution in [3.05, 3.63) is 54.3 Å². The Morgan fingerprint density at radius 1 is 0.836 bits per heavy atom. The number of aromatic amines is 1. The van der Waals surface area contributed by atoms with Crippen LogP contribution in [0, 0.1) is 0 Å². The zero-order valence-electron chi connectivity index (χ0n) is 31.7. The van der Waals surface area contributed by atoms with Gasteiger partial charge in [-0.05, 0) is 82.1 Å². The number of amides is 1. The molecule has 0 spiro atoms. The number of hydrogen-bond acceptors (Lipinski definition) is 13. The fraction of sp³-hybridized carbons (Fsp3) is 0.675. The largest absolute Gasteiger partial charge is 0.462 e. The topological polar surface area (TPSA) is 244 Å². The molecule has 11 unspecified atom stereocenters. The first-order chi connectivity index (χ1) is 26.5. The smallest absolute Gasteiger partial charge is 0.229 e. The number of ether oxygens (including phenoxy) is 4. The summed E-state index contributed by atoms with van der Waals surface area (Å²) in [6.07, 6.45) is 6.43. The van der Waals surface area contributed by atoms with Crippen molar-refractivity contribution >= 4 is 16.8 Å². The molecule has 2 aromatic rings. The number of allylic oxidation sites excluding steroid dienone is 4. The van der Waals surface area contributed by atoms with Gasteiger partial charge in [0.15, 0.2) is 6.29 Å². The number of fused-ring (bicyclic) bond motifs is 1. The van der Waals surface area contributed by atoms with E-state index in [9.17, 15) is 45.6 Å². The summed E-state index contributed by atoms with van der Waals surface area (Å²) >= 11 is 0. The number of benzene rings is 1. The first-order valence-corrected chi connectivity index (χ1v) is 19.6. The molecule has 0 saturated carbocycles. The van der Waals surface area contributed by atoms with Gasteiger partial charge in [0.05, 0.1) is 19.3 Å². The lowest BCUT2D eigenvalue weighted by atomic mass is 9.98. The van der Waals surface area contributed by atoms with Crippen molar-refractivity contribution in [3.63, 3.8) is 0 Å². The number of H-pyrrole nitrogens is 1. The van der Waals surface area contributed by atoms with E-state index in [1.165, 1.54) is 19.3 Å². The fourth-order valence-electron chi connectivity index (χ4n) is 6.65. The van der Waals surface area contributed by atoms with Crippen LogP contribution in [-0.4, -0.2) is 139 Å². The van der Waals surface area contributed by atoms with E-state index in [4.69, 9.17) is 18.9 Å². The quantitative estimate of drug-likeness (QED) is 0.0571. The van der Waals surface area contributed by atoms with E-state index in [1.807, 2.05) is 13.1 Å². The fourth-order valence-corrected chi connectivity index (χ4v) is 6.65. The summed E-state index contributed by atoms with van der Waals surface area (Å²) in [7, 11) is 0. The summed E-state index contributed by atoms with van der Waals surface area (Å²) in [5, 5.41) is 84.6. The standard InChI is InChI=1S/C40H62N2O13/c1-25(44)15-13-11-9-7-5-3-2-4-6-8-10-12-14-16-32(45)41-20-19-26-22-42-29-18-17-27(21-28(26)29)53-40-38(51)36(49)34(47)31(55-40)24-52-39-37(50)35(48)33(46)30(23-43)54-39/h2-3,6,8,17-18,21-22,25,30-31,33-40,42-44,46-51H,4-5,7,9-16,19-20,23-24H2,1H3,(H,41,45). The molecule has 2 fully saturated rings. The summed E-state index contributed by atoms with van der Waals surface area (Å²) < 4.78 is 22.5. The zero-order chi connectivity index (χ0) is 39.7. The number of unbranched alkanes of at least 4 members (excludes halogenated alkanes) is 6. The molecule has 55 heavy (non-hydrogen) atoms.